The number of hydrogen-bond donors (Lipinski definition) is 1. The topological polar surface area (TPSA) is 40.5 Å². The molecule has 1 rings (SSSR count). The van der Waals surface area contributed by atoms with Gasteiger partial charge in [-0.2, -0.15) is 0 Å². The van der Waals surface area contributed by atoms with E-state index in [9.17, 15) is 4.79 Å². The average Bonchev–Trinajstić information content (AvgIpc) is 1.85. The predicted octanol–water partition coefficient (Wildman–Crippen LogP) is 0.154. The summed E-state index contributed by atoms with van der Waals surface area (Å²) >= 11 is 0. The van der Waals surface area contributed by atoms with Crippen LogP contribution in [0.3, 0.4) is 0 Å². The fraction of sp³-hybridized carbons (Fsp3) is 0.875. The van der Waals surface area contributed by atoms with E-state index < -0.39 is 5.97 Å². The maximum absolute atomic E-state index is 10.6. The summed E-state index contributed by atoms with van der Waals surface area (Å²) in [6.45, 7) is 4.85. The molecule has 0 saturated carbocycles. The van der Waals surface area contributed by atoms with Crippen molar-refractivity contribution in [3.63, 3.8) is 0 Å². The first-order chi connectivity index (χ1) is 5.24. The van der Waals surface area contributed by atoms with Gasteiger partial charge in [-0.25, -0.2) is 0 Å². The van der Waals surface area contributed by atoms with Crippen molar-refractivity contribution in [2.24, 2.45) is 5.92 Å². The van der Waals surface area contributed by atoms with Crippen molar-refractivity contribution in [1.29, 1.82) is 0 Å². The molecule has 0 aromatic carbocycles. The van der Waals surface area contributed by atoms with Crippen LogP contribution in [0.4, 0.5) is 0 Å². The van der Waals surface area contributed by atoms with Gasteiger partial charge in [0.2, 0.25) is 0 Å². The second kappa shape index (κ2) is 5.64. The van der Waals surface area contributed by atoms with Crippen molar-refractivity contribution in [2.45, 2.75) is 19.8 Å². The van der Waals surface area contributed by atoms with Gasteiger partial charge in [-0.15, -0.1) is 0 Å². The molecule has 1 atom stereocenters. The van der Waals surface area contributed by atoms with Crippen LogP contribution in [0.5, 0.6) is 0 Å². The molecular formula is C8H16LiNO2. The van der Waals surface area contributed by atoms with Crippen LogP contribution in [0.1, 0.15) is 19.8 Å². The van der Waals surface area contributed by atoms with Crippen LogP contribution in [0, 0.1) is 5.92 Å². The summed E-state index contributed by atoms with van der Waals surface area (Å²) in [5, 5.41) is 8.72. The molecule has 66 valence electrons. The molecule has 3 nitrogen and oxygen atoms in total. The molecule has 0 aromatic heterocycles. The normalized spacial score (nSPS) is 19.1. The van der Waals surface area contributed by atoms with E-state index in [-0.39, 0.29) is 24.8 Å². The number of likely N-dealkylation sites (tertiary alicyclic amines) is 1. The van der Waals surface area contributed by atoms with Gasteiger partial charge in [0.25, 0.3) is 0 Å². The number of carboxylic acid groups (broad SMARTS) is 1. The van der Waals surface area contributed by atoms with E-state index >= 15 is 0 Å². The third kappa shape index (κ3) is 3.18. The van der Waals surface area contributed by atoms with E-state index in [1.54, 1.807) is 0 Å². The van der Waals surface area contributed by atoms with Gasteiger partial charge in [-0.3, -0.25) is 4.79 Å². The van der Waals surface area contributed by atoms with Crippen molar-refractivity contribution in [3.8, 4) is 0 Å². The maximum atomic E-state index is 10.6. The third-order valence-corrected chi connectivity index (χ3v) is 2.27. The van der Waals surface area contributed by atoms with Crippen LogP contribution in [-0.2, 0) is 4.79 Å². The van der Waals surface area contributed by atoms with E-state index in [4.69, 9.17) is 5.11 Å². The Morgan fingerprint density at radius 1 is 1.58 bits per heavy atom. The Bertz CT molecular complexity index is 148. The van der Waals surface area contributed by atoms with Gasteiger partial charge < -0.3 is 10.0 Å². The van der Waals surface area contributed by atoms with E-state index in [0.717, 1.165) is 26.1 Å². The fourth-order valence-electron chi connectivity index (χ4n) is 1.26. The van der Waals surface area contributed by atoms with Gasteiger partial charge in [-0.1, -0.05) is 6.92 Å². The number of hydrogen-bond acceptors (Lipinski definition) is 2. The van der Waals surface area contributed by atoms with E-state index in [0.29, 0.717) is 0 Å². The molecule has 0 spiro atoms. The minimum atomic E-state index is -0.653. The van der Waals surface area contributed by atoms with Crippen LogP contribution < -0.4 is 0 Å². The number of rotatable bonds is 4. The summed E-state index contributed by atoms with van der Waals surface area (Å²) in [5.74, 6) is -0.810. The molecule has 1 fully saturated rings. The molecule has 0 amide bonds. The second-order valence-corrected chi connectivity index (χ2v) is 3.10. The van der Waals surface area contributed by atoms with Gasteiger partial charge >= 0.3 is 24.8 Å². The zero-order chi connectivity index (χ0) is 8.27. The van der Waals surface area contributed by atoms with Crippen LogP contribution >= 0.6 is 0 Å². The van der Waals surface area contributed by atoms with Crippen LogP contribution in [0.25, 0.3) is 0 Å². The van der Waals surface area contributed by atoms with Crippen molar-refractivity contribution in [3.05, 3.63) is 0 Å². The molecular weight excluding hydrogens is 149 g/mol. The molecule has 12 heavy (non-hydrogen) atoms. The van der Waals surface area contributed by atoms with Gasteiger partial charge in [0.15, 0.2) is 0 Å². The van der Waals surface area contributed by atoms with Crippen molar-refractivity contribution in [2.75, 3.05) is 19.6 Å². The van der Waals surface area contributed by atoms with Crippen LogP contribution in [0.15, 0.2) is 0 Å². The molecule has 1 saturated heterocycles. The van der Waals surface area contributed by atoms with Gasteiger partial charge in [0.1, 0.15) is 0 Å². The first kappa shape index (κ1) is 12.0. The molecule has 0 radical (unpaired) electrons. The van der Waals surface area contributed by atoms with Crippen molar-refractivity contribution < 1.29 is 9.90 Å². The van der Waals surface area contributed by atoms with E-state index in [1.165, 1.54) is 6.42 Å². The summed E-state index contributed by atoms with van der Waals surface area (Å²) in [6, 6.07) is 0. The molecule has 0 bridgehead atoms. The Hall–Kier alpha value is 0.0274. The van der Waals surface area contributed by atoms with Gasteiger partial charge in [0, 0.05) is 6.54 Å². The number of carboxylic acids is 1. The fourth-order valence-corrected chi connectivity index (χ4v) is 1.26. The van der Waals surface area contributed by atoms with Crippen molar-refractivity contribution in [1.82, 2.24) is 4.90 Å². The molecule has 1 unspecified atom stereocenters. The van der Waals surface area contributed by atoms with Gasteiger partial charge in [0.05, 0.1) is 5.92 Å². The predicted molar refractivity (Wildman–Crippen MR) is 49.6 cm³/mol. The Balaban J connectivity index is 0.00000121. The summed E-state index contributed by atoms with van der Waals surface area (Å²) in [7, 11) is 0. The zero-order valence-electron chi connectivity index (χ0n) is 6.92. The van der Waals surface area contributed by atoms with E-state index in [2.05, 4.69) is 4.90 Å². The van der Waals surface area contributed by atoms with Crippen LogP contribution in [0.2, 0.25) is 0 Å². The Labute approximate surface area is 85.3 Å². The first-order valence-electron chi connectivity index (χ1n) is 4.19. The summed E-state index contributed by atoms with van der Waals surface area (Å²) < 4.78 is 0. The van der Waals surface area contributed by atoms with Crippen LogP contribution in [-0.4, -0.2) is 54.5 Å². The van der Waals surface area contributed by atoms with Crippen molar-refractivity contribution >= 4 is 24.8 Å². The molecule has 1 aliphatic rings. The first-order valence-corrected chi connectivity index (χ1v) is 4.19. The summed E-state index contributed by atoms with van der Waals surface area (Å²) in [5.41, 5.74) is 0. The Morgan fingerprint density at radius 3 is 2.42 bits per heavy atom. The average molecular weight is 165 g/mol. The zero-order valence-corrected chi connectivity index (χ0v) is 6.92. The molecule has 0 aliphatic carbocycles. The second-order valence-electron chi connectivity index (χ2n) is 3.10. The van der Waals surface area contributed by atoms with E-state index in [1.807, 2.05) is 6.92 Å². The molecule has 1 heterocycles. The minimum absolute atomic E-state index is 0. The Morgan fingerprint density at radius 2 is 2.17 bits per heavy atom. The molecule has 1 aliphatic heterocycles. The number of nitrogens with zero attached hydrogens (tertiary/aromatic N) is 1. The third-order valence-electron chi connectivity index (χ3n) is 2.27. The SMILES string of the molecule is CCC(CN1CCC1)C(=O)O.[LiH]. The monoisotopic (exact) mass is 165 g/mol. The summed E-state index contributed by atoms with van der Waals surface area (Å²) in [6.07, 6.45) is 1.97. The number of carbonyl (C=O) groups is 1. The quantitative estimate of drug-likeness (QED) is 0.603. The number of aliphatic carboxylic acids is 1. The molecule has 1 N–H and O–H groups in total. The summed E-state index contributed by atoms with van der Waals surface area (Å²) in [4.78, 5) is 12.8. The molecule has 4 heteroatoms. The van der Waals surface area contributed by atoms with Gasteiger partial charge in [-0.05, 0) is 25.9 Å². The molecule has 0 aromatic rings. The Kier molecular flexibility index (Phi) is 5.65. The standard InChI is InChI=1S/C8H15NO2.Li.H/c1-2-7(8(10)11)6-9-4-3-5-9;;/h7H,2-6H2,1H3,(H,10,11);;.